The molecule has 12 atom stereocenters. The molecule has 51 heavy (non-hydrogen) atoms. The van der Waals surface area contributed by atoms with E-state index in [4.69, 9.17) is 9.47 Å². The smallest absolute Gasteiger partial charge is 0.206 e. The van der Waals surface area contributed by atoms with Crippen molar-refractivity contribution in [1.29, 1.82) is 0 Å². The number of nitrogens with zero attached hydrogens (tertiary/aromatic N) is 2. The summed E-state index contributed by atoms with van der Waals surface area (Å²) in [5, 5.41) is 0. The first-order chi connectivity index (χ1) is 24.7. The summed E-state index contributed by atoms with van der Waals surface area (Å²) in [6, 6.07) is 2.49. The Balaban J connectivity index is 1.07. The van der Waals surface area contributed by atoms with E-state index in [2.05, 4.69) is 87.8 Å². The van der Waals surface area contributed by atoms with Crippen molar-refractivity contribution in [2.45, 2.75) is 172 Å². The van der Waals surface area contributed by atoms with E-state index in [-0.39, 0.29) is 11.5 Å². The minimum absolute atomic E-state index is 0.242. The van der Waals surface area contributed by atoms with E-state index in [1.807, 2.05) is 0 Å². The van der Waals surface area contributed by atoms with E-state index in [1.165, 1.54) is 86.3 Å². The fourth-order valence-corrected chi connectivity index (χ4v) is 15.8. The number of fused-ring (bicyclic) bond motifs is 8. The van der Waals surface area contributed by atoms with Gasteiger partial charge in [-0.3, -0.25) is 4.90 Å². The maximum Gasteiger partial charge on any atom is 0.206 e. The SMILES string of the molecule is CC1CC2C3B(C4CC(C(C)C)CC5C4N(C3C1)C(C)(C)C51CCCCC1)C1OC3=C(C(C)CC=C3)C1N2C1=CCC2C(=C1)OC1=C2C=CCC1. The molecule has 0 bridgehead atoms. The number of hydrogen-bond acceptors (Lipinski definition) is 4. The van der Waals surface area contributed by atoms with Crippen molar-refractivity contribution in [3.8, 4) is 0 Å². The van der Waals surface area contributed by atoms with E-state index in [1.54, 1.807) is 5.57 Å². The van der Waals surface area contributed by atoms with Gasteiger partial charge in [-0.25, -0.2) is 0 Å². The van der Waals surface area contributed by atoms with Gasteiger partial charge in [0.05, 0.1) is 12.0 Å². The Kier molecular flexibility index (Phi) is 7.10. The zero-order valence-corrected chi connectivity index (χ0v) is 32.5. The highest BCUT2D eigenvalue weighted by atomic mass is 16.5. The van der Waals surface area contributed by atoms with Gasteiger partial charge in [-0.15, -0.1) is 0 Å². The fourth-order valence-electron chi connectivity index (χ4n) is 15.8. The number of hydrogen-bond donors (Lipinski definition) is 0. The second-order valence-electron chi connectivity index (χ2n) is 20.5. The predicted octanol–water partition coefficient (Wildman–Crippen LogP) is 10.4. The summed E-state index contributed by atoms with van der Waals surface area (Å²) in [6.07, 6.45) is 31.8. The van der Waals surface area contributed by atoms with Gasteiger partial charge < -0.3 is 14.4 Å². The van der Waals surface area contributed by atoms with Crippen LogP contribution >= 0.6 is 0 Å². The molecule has 6 aliphatic carbocycles. The molecule has 0 N–H and O–H groups in total. The van der Waals surface area contributed by atoms with Crippen LogP contribution in [0, 0.1) is 40.9 Å². The van der Waals surface area contributed by atoms with Crippen molar-refractivity contribution in [1.82, 2.24) is 9.80 Å². The van der Waals surface area contributed by atoms with Crippen LogP contribution in [0.15, 0.2) is 70.6 Å². The van der Waals surface area contributed by atoms with Crippen LogP contribution in [0.1, 0.15) is 125 Å². The number of allylic oxidation sites excluding steroid dienone is 8. The molecule has 0 aromatic heterocycles. The molecule has 5 heteroatoms. The number of ether oxygens (including phenoxy) is 2. The van der Waals surface area contributed by atoms with Gasteiger partial charge in [0.15, 0.2) is 0 Å². The highest BCUT2D eigenvalue weighted by Gasteiger charge is 2.75. The maximum absolute atomic E-state index is 7.55. The molecule has 11 rings (SSSR count). The summed E-state index contributed by atoms with van der Waals surface area (Å²) < 4.78 is 14.3. The summed E-state index contributed by atoms with van der Waals surface area (Å²) in [5.74, 6) is 9.14. The first-order valence-electron chi connectivity index (χ1n) is 21.8. The standard InChI is InChI=1S/C46H63BN2O2/c1-26(2)29-23-33-42-34(24-29)47-41-35(21-27(3)22-36(41)49(42)45(5,6)46(33)19-10-7-11-20-46)48(43-40-28(4)13-12-16-38(40)51-44(43)47)30-17-18-32-31-14-8-9-15-37(31)50-39(32)25-30/h8,12,14,16-17,25-29,32-36,41-44H,7,9-11,13,15,18-24H2,1-6H3. The van der Waals surface area contributed by atoms with Gasteiger partial charge in [0.25, 0.3) is 0 Å². The van der Waals surface area contributed by atoms with Gasteiger partial charge in [-0.05, 0) is 118 Å². The minimum Gasteiger partial charge on any atom is -0.496 e. The second kappa shape index (κ2) is 11.2. The van der Waals surface area contributed by atoms with Crippen molar-refractivity contribution in [2.75, 3.05) is 0 Å². The average Bonchev–Trinajstić information content (AvgIpc) is 3.74. The molecular formula is C46H63BN2O2. The van der Waals surface area contributed by atoms with Crippen molar-refractivity contribution in [3.05, 3.63) is 70.6 Å². The van der Waals surface area contributed by atoms with Crippen molar-refractivity contribution in [3.63, 3.8) is 0 Å². The first kappa shape index (κ1) is 32.3. The fraction of sp³-hybridized carbons (Fsp3) is 0.739. The molecule has 3 saturated carbocycles. The van der Waals surface area contributed by atoms with E-state index < -0.39 is 0 Å². The minimum atomic E-state index is 0.242. The topological polar surface area (TPSA) is 24.9 Å². The monoisotopic (exact) mass is 686 g/mol. The average molecular weight is 687 g/mol. The van der Waals surface area contributed by atoms with Crippen LogP contribution in [-0.4, -0.2) is 52.2 Å². The molecule has 5 heterocycles. The molecule has 5 aliphatic heterocycles. The van der Waals surface area contributed by atoms with Gasteiger partial charge in [0, 0.05) is 58.9 Å². The number of rotatable bonds is 2. The largest absolute Gasteiger partial charge is 0.496 e. The van der Waals surface area contributed by atoms with Crippen LogP contribution in [0.2, 0.25) is 11.6 Å². The lowest BCUT2D eigenvalue weighted by Crippen LogP contribution is -2.75. The highest BCUT2D eigenvalue weighted by molar-refractivity contribution is 6.65. The Bertz CT molecular complexity index is 1690. The molecule has 0 radical (unpaired) electrons. The molecule has 272 valence electrons. The Morgan fingerprint density at radius 2 is 1.76 bits per heavy atom. The van der Waals surface area contributed by atoms with Crippen molar-refractivity contribution >= 4 is 6.71 Å². The third-order valence-electron chi connectivity index (χ3n) is 17.8. The molecule has 0 amide bonds. The Labute approximate surface area is 309 Å². The lowest BCUT2D eigenvalue weighted by molar-refractivity contribution is -0.0524. The van der Waals surface area contributed by atoms with Crippen molar-refractivity contribution < 1.29 is 9.47 Å². The van der Waals surface area contributed by atoms with Crippen LogP contribution in [0.25, 0.3) is 0 Å². The normalized spacial score (nSPS) is 45.4. The molecule has 4 nitrogen and oxygen atoms in total. The molecule has 0 aromatic rings. The second-order valence-corrected chi connectivity index (χ2v) is 20.5. The van der Waals surface area contributed by atoms with Crippen molar-refractivity contribution in [2.24, 2.45) is 40.9 Å². The first-order valence-corrected chi connectivity index (χ1v) is 21.8. The molecule has 0 aromatic carbocycles. The molecule has 3 saturated heterocycles. The zero-order valence-electron chi connectivity index (χ0n) is 32.5. The van der Waals surface area contributed by atoms with Crippen LogP contribution in [0.4, 0.5) is 0 Å². The third kappa shape index (κ3) is 4.20. The zero-order chi connectivity index (χ0) is 34.6. The van der Waals surface area contributed by atoms with Gasteiger partial charge in [0.2, 0.25) is 6.71 Å². The molecule has 6 fully saturated rings. The predicted molar refractivity (Wildman–Crippen MR) is 207 cm³/mol. The molecule has 1 spiro atoms. The van der Waals surface area contributed by atoms with E-state index in [0.29, 0.717) is 47.9 Å². The summed E-state index contributed by atoms with van der Waals surface area (Å²) >= 11 is 0. The quantitative estimate of drug-likeness (QED) is 0.270. The Morgan fingerprint density at radius 1 is 0.941 bits per heavy atom. The van der Waals surface area contributed by atoms with Gasteiger partial charge in [-0.2, -0.15) is 0 Å². The van der Waals surface area contributed by atoms with E-state index in [9.17, 15) is 0 Å². The van der Waals surface area contributed by atoms with Gasteiger partial charge >= 0.3 is 0 Å². The Morgan fingerprint density at radius 3 is 2.59 bits per heavy atom. The van der Waals surface area contributed by atoms with Crippen LogP contribution in [0.3, 0.4) is 0 Å². The Hall–Kier alpha value is -2.14. The van der Waals surface area contributed by atoms with Crippen LogP contribution < -0.4 is 0 Å². The summed E-state index contributed by atoms with van der Waals surface area (Å²) in [7, 11) is 0. The summed E-state index contributed by atoms with van der Waals surface area (Å²) in [4.78, 5) is 6.33. The lowest BCUT2D eigenvalue weighted by atomic mass is 9.21. The van der Waals surface area contributed by atoms with Gasteiger partial charge in [-0.1, -0.05) is 77.7 Å². The van der Waals surface area contributed by atoms with Crippen LogP contribution in [-0.2, 0) is 9.47 Å². The summed E-state index contributed by atoms with van der Waals surface area (Å²) in [6.45, 7) is 16.4. The molecule has 11 aliphatic rings. The van der Waals surface area contributed by atoms with E-state index >= 15 is 0 Å². The highest BCUT2D eigenvalue weighted by Crippen LogP contribution is 2.72. The maximum atomic E-state index is 7.55. The summed E-state index contributed by atoms with van der Waals surface area (Å²) in [5.41, 5.74) is 5.22. The van der Waals surface area contributed by atoms with E-state index in [0.717, 1.165) is 61.2 Å². The van der Waals surface area contributed by atoms with Gasteiger partial charge in [0.1, 0.15) is 17.3 Å². The lowest BCUT2D eigenvalue weighted by Gasteiger charge is -2.67. The molecular weight excluding hydrogens is 623 g/mol. The third-order valence-corrected chi connectivity index (χ3v) is 17.8. The molecule has 12 unspecified atom stereocenters. The van der Waals surface area contributed by atoms with Crippen LogP contribution in [0.5, 0.6) is 0 Å².